The number of nitrogens with two attached hydrogens (primary N) is 1. The van der Waals surface area contributed by atoms with Crippen LogP contribution >= 0.6 is 24.8 Å². The zero-order valence-corrected chi connectivity index (χ0v) is 21.8. The quantitative estimate of drug-likeness (QED) is 0.340. The summed E-state index contributed by atoms with van der Waals surface area (Å²) in [5, 5.41) is 2.35. The van der Waals surface area contributed by atoms with Crippen LogP contribution in [0.1, 0.15) is 22.3 Å². The van der Waals surface area contributed by atoms with Gasteiger partial charge in [-0.1, -0.05) is 0 Å². The van der Waals surface area contributed by atoms with Gasteiger partial charge in [-0.3, -0.25) is 9.78 Å². The molecule has 1 amide bonds. The third-order valence-electron chi connectivity index (χ3n) is 6.10. The Kier molecular flexibility index (Phi) is 10.2. The Bertz CT molecular complexity index is 1330. The molecule has 1 saturated heterocycles. The normalized spacial score (nSPS) is 17.2. The molecule has 0 spiro atoms. The van der Waals surface area contributed by atoms with Crippen molar-refractivity contribution in [3.05, 3.63) is 77.1 Å². The lowest BCUT2D eigenvalue weighted by atomic mass is 9.93. The molecule has 0 bridgehead atoms. The summed E-state index contributed by atoms with van der Waals surface area (Å²) in [5.41, 5.74) is 3.35. The number of piperidine rings is 1. The first-order valence-corrected chi connectivity index (χ1v) is 11.1. The lowest BCUT2D eigenvalue weighted by Gasteiger charge is -2.39. The van der Waals surface area contributed by atoms with E-state index in [0.29, 0.717) is 6.07 Å². The van der Waals surface area contributed by atoms with Crippen LogP contribution in [0.5, 0.6) is 0 Å². The lowest BCUT2D eigenvalue weighted by Crippen LogP contribution is -2.51. The molecule has 2 aromatic carbocycles. The number of hydrogen-bond acceptors (Lipinski definition) is 4. The molecule has 0 aliphatic carbocycles. The van der Waals surface area contributed by atoms with Gasteiger partial charge in [-0.15, -0.1) is 24.8 Å². The maximum absolute atomic E-state index is 15.3. The number of nitrogens with zero attached hydrogens (tertiary/aromatic N) is 2. The van der Waals surface area contributed by atoms with Crippen LogP contribution < -0.4 is 16.0 Å². The van der Waals surface area contributed by atoms with Crippen molar-refractivity contribution in [1.29, 1.82) is 0 Å². The molecular formula is C25H23Cl2F7N4O. The number of anilines is 2. The minimum absolute atomic E-state index is 0. The van der Waals surface area contributed by atoms with E-state index in [1.54, 1.807) is 0 Å². The third kappa shape index (κ3) is 6.74. The van der Waals surface area contributed by atoms with Crippen LogP contribution in [-0.4, -0.2) is 36.2 Å². The van der Waals surface area contributed by atoms with Gasteiger partial charge in [0.25, 0.3) is 5.91 Å². The van der Waals surface area contributed by atoms with Crippen molar-refractivity contribution >= 4 is 42.1 Å². The highest BCUT2D eigenvalue weighted by atomic mass is 35.5. The van der Waals surface area contributed by atoms with Crippen molar-refractivity contribution in [2.45, 2.75) is 25.6 Å². The number of nitrogens with one attached hydrogen (secondary N) is 1. The summed E-state index contributed by atoms with van der Waals surface area (Å²) in [6.45, 7) is 1.02. The van der Waals surface area contributed by atoms with Crippen molar-refractivity contribution in [2.75, 3.05) is 23.3 Å². The Morgan fingerprint density at radius 2 is 1.64 bits per heavy atom. The molecule has 0 unspecified atom stereocenters. The van der Waals surface area contributed by atoms with Gasteiger partial charge in [-0.05, 0) is 49.2 Å². The van der Waals surface area contributed by atoms with Crippen LogP contribution in [0.4, 0.5) is 42.1 Å². The van der Waals surface area contributed by atoms with Crippen LogP contribution in [0.25, 0.3) is 11.1 Å². The Morgan fingerprint density at radius 3 is 2.26 bits per heavy atom. The molecule has 1 aliphatic rings. The predicted octanol–water partition coefficient (Wildman–Crippen LogP) is 6.43. The minimum Gasteiger partial charge on any atom is -0.368 e. The van der Waals surface area contributed by atoms with Gasteiger partial charge in [0, 0.05) is 25.3 Å². The highest BCUT2D eigenvalue weighted by Crippen LogP contribution is 2.37. The van der Waals surface area contributed by atoms with Gasteiger partial charge in [-0.25, -0.2) is 17.6 Å². The standard InChI is InChI=1S/C25H21F7N4O.2ClH/c1-12-6-17(27)21(18(28)7-12)22-16(26)3-2-15(23(22)29)24(37)35-19-9-34-5-4-20(19)36-10-13(25(30,31)32)8-14(33)11-36;;/h2-7,9,13-14H,8,10-11,33H2,1H3,(H,35,37);2*1H/t13-,14+;;/m1../s1. The van der Waals surface area contributed by atoms with Crippen molar-refractivity contribution in [1.82, 2.24) is 4.98 Å². The molecule has 39 heavy (non-hydrogen) atoms. The average molecular weight is 599 g/mol. The first-order valence-electron chi connectivity index (χ1n) is 11.1. The topological polar surface area (TPSA) is 71.2 Å². The maximum Gasteiger partial charge on any atom is 0.393 e. The van der Waals surface area contributed by atoms with E-state index < -0.39 is 70.5 Å². The predicted molar refractivity (Wildman–Crippen MR) is 137 cm³/mol. The Morgan fingerprint density at radius 1 is 1.00 bits per heavy atom. The number of amides is 1. The summed E-state index contributed by atoms with van der Waals surface area (Å²) in [5.74, 6) is -8.08. The molecule has 1 aliphatic heterocycles. The van der Waals surface area contributed by atoms with Crippen LogP contribution in [0.2, 0.25) is 0 Å². The fourth-order valence-electron chi connectivity index (χ4n) is 4.42. The van der Waals surface area contributed by atoms with Gasteiger partial charge < -0.3 is 16.0 Å². The van der Waals surface area contributed by atoms with Crippen molar-refractivity contribution in [3.63, 3.8) is 0 Å². The SMILES string of the molecule is Cc1cc(F)c(-c2c(F)ccc(C(=O)Nc3cnccc3N3C[C@@H](N)C[C@@H](C(F)(F)F)C3)c2F)c(F)c1.Cl.Cl. The van der Waals surface area contributed by atoms with E-state index in [0.717, 1.165) is 24.4 Å². The molecule has 5 nitrogen and oxygen atoms in total. The number of halogens is 9. The Labute approximate surface area is 231 Å². The first kappa shape index (κ1) is 32.1. The monoisotopic (exact) mass is 598 g/mol. The van der Waals surface area contributed by atoms with Crippen LogP contribution in [-0.2, 0) is 0 Å². The summed E-state index contributed by atoms with van der Waals surface area (Å²) in [7, 11) is 0. The largest absolute Gasteiger partial charge is 0.393 e. The van der Waals surface area contributed by atoms with Crippen molar-refractivity contribution < 1.29 is 35.5 Å². The van der Waals surface area contributed by atoms with Crippen molar-refractivity contribution in [2.24, 2.45) is 11.7 Å². The van der Waals surface area contributed by atoms with E-state index in [-0.39, 0.29) is 54.7 Å². The van der Waals surface area contributed by atoms with Gasteiger partial charge in [0.15, 0.2) is 0 Å². The van der Waals surface area contributed by atoms with Gasteiger partial charge in [0.2, 0.25) is 0 Å². The molecule has 4 rings (SSSR count). The molecule has 2 heterocycles. The van der Waals surface area contributed by atoms with E-state index in [4.69, 9.17) is 5.73 Å². The highest BCUT2D eigenvalue weighted by Gasteiger charge is 2.44. The van der Waals surface area contributed by atoms with Crippen molar-refractivity contribution in [3.8, 4) is 11.1 Å². The molecule has 3 aromatic rings. The molecule has 1 aromatic heterocycles. The van der Waals surface area contributed by atoms with Crippen LogP contribution in [0.15, 0.2) is 42.7 Å². The summed E-state index contributed by atoms with van der Waals surface area (Å²) in [6, 6.07) is 3.83. The van der Waals surface area contributed by atoms with E-state index in [1.807, 2.05) is 0 Å². The Hall–Kier alpha value is -3.09. The van der Waals surface area contributed by atoms with Crippen LogP contribution in [0.3, 0.4) is 0 Å². The molecule has 0 saturated carbocycles. The zero-order valence-electron chi connectivity index (χ0n) is 20.2. The minimum atomic E-state index is -4.49. The number of benzene rings is 2. The van der Waals surface area contributed by atoms with Gasteiger partial charge in [0.1, 0.15) is 23.3 Å². The van der Waals surface area contributed by atoms with Gasteiger partial charge in [-0.2, -0.15) is 13.2 Å². The Balaban J connectivity index is 0.00000267. The molecule has 2 atom stereocenters. The summed E-state index contributed by atoms with van der Waals surface area (Å²) >= 11 is 0. The number of carbonyl (C=O) groups is 1. The molecule has 0 radical (unpaired) electrons. The summed E-state index contributed by atoms with van der Waals surface area (Å²) < 4.78 is 98.9. The number of pyridine rings is 1. The number of aromatic nitrogens is 1. The van der Waals surface area contributed by atoms with Gasteiger partial charge >= 0.3 is 6.18 Å². The number of alkyl halides is 3. The molecular weight excluding hydrogens is 576 g/mol. The smallest absolute Gasteiger partial charge is 0.368 e. The van der Waals surface area contributed by atoms with Crippen LogP contribution in [0, 0.1) is 36.1 Å². The van der Waals surface area contributed by atoms with Gasteiger partial charge in [0.05, 0.1) is 40.2 Å². The van der Waals surface area contributed by atoms with E-state index in [9.17, 15) is 31.1 Å². The van der Waals surface area contributed by atoms with E-state index in [1.165, 1.54) is 24.1 Å². The highest BCUT2D eigenvalue weighted by molar-refractivity contribution is 6.06. The fourth-order valence-corrected chi connectivity index (χ4v) is 4.42. The molecule has 14 heteroatoms. The average Bonchev–Trinajstić information content (AvgIpc) is 2.80. The van der Waals surface area contributed by atoms with E-state index in [2.05, 4.69) is 10.3 Å². The number of aryl methyl sites for hydroxylation is 1. The lowest BCUT2D eigenvalue weighted by molar-refractivity contribution is -0.177. The maximum atomic E-state index is 15.3. The number of rotatable bonds is 4. The second-order valence-corrected chi connectivity index (χ2v) is 8.87. The summed E-state index contributed by atoms with van der Waals surface area (Å²) in [4.78, 5) is 18.2. The van der Waals surface area contributed by atoms with E-state index >= 15 is 4.39 Å². The molecule has 212 valence electrons. The third-order valence-corrected chi connectivity index (χ3v) is 6.10. The second kappa shape index (κ2) is 12.4. The second-order valence-electron chi connectivity index (χ2n) is 8.87. The number of hydrogen-bond donors (Lipinski definition) is 2. The number of carbonyl (C=O) groups excluding carboxylic acids is 1. The zero-order chi connectivity index (χ0) is 27.1. The summed E-state index contributed by atoms with van der Waals surface area (Å²) in [6.07, 6.45) is -2.30. The molecule has 1 fully saturated rings. The molecule has 3 N–H and O–H groups in total. The first-order chi connectivity index (χ1) is 17.4. The fraction of sp³-hybridized carbons (Fsp3) is 0.280.